The predicted molar refractivity (Wildman–Crippen MR) is 369 cm³/mol. The maximum Gasteiger partial charge on any atom is 0.327 e. The van der Waals surface area contributed by atoms with Gasteiger partial charge in [0, 0.05) is 129 Å². The van der Waals surface area contributed by atoms with Crippen molar-refractivity contribution < 1.29 is 127 Å². The third kappa shape index (κ3) is 41.6. The average Bonchev–Trinajstić information content (AvgIpc) is 1.67. The minimum absolute atomic E-state index is 0.00649. The molecule has 1 heterocycles. The fraction of sp³-hybridized carbons (Fsp3) is 0.647. The van der Waals surface area contributed by atoms with Gasteiger partial charge in [-0.15, -0.1) is 11.8 Å². The SMILES string of the molecule is CC(=O)N(O)CCCCCCC(=O)CCC(=O)N(O)CCCCCCC(=O)CCC(=O)N(O)CCCCCCC(=O)CCN1C(=O)CC(SC[C@H](NC(=O)[C@H](CC(=O)O)CC(=O)[C@H](CC(=O)O)NC(=O)Cc2ccc(CNC(=O)NCCCC[C@H](NC(=O)NCCCC(=O)O)C(=O)O)cc2)C(=O)O)C1=O. The summed E-state index contributed by atoms with van der Waals surface area (Å²) < 4.78 is 0. The first kappa shape index (κ1) is 91.6. The molecule has 1 saturated heterocycles. The van der Waals surface area contributed by atoms with Gasteiger partial charge in [-0.3, -0.25) is 87.6 Å². The molecule has 5 atom stereocenters. The summed E-state index contributed by atoms with van der Waals surface area (Å²) in [6.45, 7) is 1.49. The molecule has 105 heavy (non-hydrogen) atoms. The second-order valence-corrected chi connectivity index (χ2v) is 26.6. The summed E-state index contributed by atoms with van der Waals surface area (Å²) in [5, 5.41) is 92.0. The number of nitrogens with zero attached hydrogens (tertiary/aromatic N) is 4. The molecule has 0 aliphatic carbocycles. The lowest BCUT2D eigenvalue weighted by Crippen LogP contribution is -2.48. The third-order valence-electron chi connectivity index (χ3n) is 16.6. The first-order chi connectivity index (χ1) is 49.8. The smallest absolute Gasteiger partial charge is 0.327 e. The number of Topliss-reactive ketones (excluding diaryl/α,β-unsaturated/α-hetero) is 4. The van der Waals surface area contributed by atoms with Gasteiger partial charge in [-0.1, -0.05) is 62.8 Å². The zero-order valence-electron chi connectivity index (χ0n) is 59.2. The summed E-state index contributed by atoms with van der Waals surface area (Å²) >= 11 is 0.698. The highest BCUT2D eigenvalue weighted by Gasteiger charge is 2.40. The standard InChI is InChI=1S/C68H102N10O26S/c1-44(79)76(102)33-13-5-2-8-17-48(80)26-28-57(85)77(103)34-14-6-3-9-18-49(81)27-29-58(86)78(104)35-15-7-4-10-19-50(82)30-36-75-59(87)41-55(64(75)95)105-43-53(66(98)99)73-63(94)47(39-61(90)91)38-54(83)52(40-62(92)93)72-56(84)37-45-22-24-46(25-23-45)42-71-67(100)69-31-12-11-20-51(65(96)97)74-68(101)70-32-16-21-60(88)89/h22-25,47,51-53,55,102-104H,2-21,26-43H2,1H3,(H,72,84)(H,73,94)(H,88,89)(H,90,91)(H,92,93)(H,96,97)(H,98,99)(H2,69,71,100)(H2,70,74,101)/t47-,51-,52-,53-,55?/m0/s1. The van der Waals surface area contributed by atoms with Crippen LogP contribution in [-0.4, -0.2) is 236 Å². The number of ketones is 4. The summed E-state index contributed by atoms with van der Waals surface area (Å²) in [5.74, 6) is -16.1. The number of carboxylic acids is 5. The summed E-state index contributed by atoms with van der Waals surface area (Å²) in [7, 11) is 0. The van der Waals surface area contributed by atoms with Gasteiger partial charge in [0.05, 0.1) is 36.5 Å². The minimum atomic E-state index is -1.80. The lowest BCUT2D eigenvalue weighted by atomic mass is 9.93. The highest BCUT2D eigenvalue weighted by atomic mass is 32.2. The van der Waals surface area contributed by atoms with Crippen molar-refractivity contribution >= 4 is 118 Å². The summed E-state index contributed by atoms with van der Waals surface area (Å²) in [6, 6.07) is 0.0437. The van der Waals surface area contributed by atoms with Crippen LogP contribution in [0, 0.1) is 5.92 Å². The Morgan fingerprint density at radius 1 is 0.486 bits per heavy atom. The molecule has 37 heteroatoms. The number of likely N-dealkylation sites (tertiary alicyclic amines) is 1. The number of urea groups is 2. The maximum absolute atomic E-state index is 13.5. The molecule has 0 saturated carbocycles. The first-order valence-corrected chi connectivity index (χ1v) is 36.1. The number of hydrogen-bond donors (Lipinski definition) is 14. The highest BCUT2D eigenvalue weighted by molar-refractivity contribution is 8.00. The minimum Gasteiger partial charge on any atom is -0.481 e. The van der Waals surface area contributed by atoms with E-state index >= 15 is 0 Å². The number of hydrogen-bond acceptors (Lipinski definition) is 22. The Labute approximate surface area is 611 Å². The molecule has 14 N–H and O–H groups in total. The molecule has 1 unspecified atom stereocenters. The van der Waals surface area contributed by atoms with Crippen molar-refractivity contribution in [2.75, 3.05) is 45.0 Å². The highest BCUT2D eigenvalue weighted by Crippen LogP contribution is 2.27. The zero-order valence-corrected chi connectivity index (χ0v) is 60.0. The fourth-order valence-corrected chi connectivity index (χ4v) is 11.8. The number of carbonyl (C=O) groups excluding carboxylic acids is 13. The number of carbonyl (C=O) groups is 18. The Balaban J connectivity index is 1.71. The lowest BCUT2D eigenvalue weighted by Gasteiger charge is -2.22. The number of thioether (sulfide) groups is 1. The number of benzene rings is 1. The third-order valence-corrected chi connectivity index (χ3v) is 17.9. The maximum atomic E-state index is 13.5. The quantitative estimate of drug-likeness (QED) is 0.0192. The van der Waals surface area contributed by atoms with Crippen molar-refractivity contribution in [3.63, 3.8) is 0 Å². The van der Waals surface area contributed by atoms with E-state index in [1.54, 1.807) is 12.1 Å². The van der Waals surface area contributed by atoms with Crippen LogP contribution in [0.2, 0.25) is 0 Å². The molecule has 0 bridgehead atoms. The molecular formula is C68H102N10O26S. The van der Waals surface area contributed by atoms with E-state index in [9.17, 15) is 122 Å². The summed E-state index contributed by atoms with van der Waals surface area (Å²) in [4.78, 5) is 223. The number of unbranched alkanes of at least 4 members (excludes halogenated alkanes) is 10. The van der Waals surface area contributed by atoms with E-state index in [-0.39, 0.29) is 147 Å². The van der Waals surface area contributed by atoms with E-state index < -0.39 is 143 Å². The molecule has 586 valence electrons. The van der Waals surface area contributed by atoms with Gasteiger partial charge in [-0.2, -0.15) is 0 Å². The fourth-order valence-electron chi connectivity index (χ4n) is 10.6. The van der Waals surface area contributed by atoms with Gasteiger partial charge < -0.3 is 57.4 Å². The number of aliphatic carboxylic acids is 5. The largest absolute Gasteiger partial charge is 0.481 e. The normalized spacial score (nSPS) is 13.6. The molecule has 0 radical (unpaired) electrons. The van der Waals surface area contributed by atoms with Gasteiger partial charge in [-0.25, -0.2) is 34.4 Å². The Bertz CT molecular complexity index is 3120. The van der Waals surface area contributed by atoms with Crippen LogP contribution in [0.3, 0.4) is 0 Å². The average molecular weight is 1510 g/mol. The van der Waals surface area contributed by atoms with Crippen LogP contribution in [0.25, 0.3) is 0 Å². The van der Waals surface area contributed by atoms with E-state index in [0.29, 0.717) is 115 Å². The van der Waals surface area contributed by atoms with Crippen LogP contribution in [-0.2, 0) is 89.7 Å². The Hall–Kier alpha value is -9.49. The van der Waals surface area contributed by atoms with E-state index in [2.05, 4.69) is 31.9 Å². The van der Waals surface area contributed by atoms with Gasteiger partial charge in [0.25, 0.3) is 0 Å². The van der Waals surface area contributed by atoms with Crippen molar-refractivity contribution in [1.82, 2.24) is 52.0 Å². The number of carboxylic acid groups (broad SMARTS) is 5. The van der Waals surface area contributed by atoms with Gasteiger partial charge in [0.1, 0.15) is 29.4 Å². The number of hydroxylamine groups is 6. The molecule has 11 amide bonds. The van der Waals surface area contributed by atoms with Crippen LogP contribution in [0.4, 0.5) is 9.59 Å². The molecule has 0 spiro atoms. The molecule has 1 aromatic carbocycles. The molecule has 36 nitrogen and oxygen atoms in total. The van der Waals surface area contributed by atoms with Gasteiger partial charge in [-0.05, 0) is 75.3 Å². The van der Waals surface area contributed by atoms with Crippen LogP contribution < -0.4 is 31.9 Å². The number of nitrogens with one attached hydrogen (secondary N) is 6. The number of imide groups is 1. The topological polar surface area (TPSA) is 554 Å². The molecule has 0 aromatic heterocycles. The van der Waals surface area contributed by atoms with E-state index in [1.165, 1.54) is 19.1 Å². The predicted octanol–water partition coefficient (Wildman–Crippen LogP) is 3.44. The van der Waals surface area contributed by atoms with Gasteiger partial charge >= 0.3 is 41.9 Å². The van der Waals surface area contributed by atoms with Crippen LogP contribution in [0.5, 0.6) is 0 Å². The molecule has 1 aliphatic rings. The zero-order chi connectivity index (χ0) is 78.4. The molecule has 1 fully saturated rings. The van der Waals surface area contributed by atoms with Gasteiger partial charge in [0.2, 0.25) is 41.4 Å². The molecular weight excluding hydrogens is 1400 g/mol. The van der Waals surface area contributed by atoms with E-state index in [4.69, 9.17) is 5.11 Å². The summed E-state index contributed by atoms with van der Waals surface area (Å²) in [6.07, 6.45) is 3.76. The van der Waals surface area contributed by atoms with Crippen molar-refractivity contribution in [2.45, 2.75) is 229 Å². The molecule has 1 aliphatic heterocycles. The van der Waals surface area contributed by atoms with Crippen molar-refractivity contribution in [2.24, 2.45) is 5.92 Å². The molecule has 1 aromatic rings. The first-order valence-electron chi connectivity index (χ1n) is 35.1. The lowest BCUT2D eigenvalue weighted by molar-refractivity contribution is -0.166. The van der Waals surface area contributed by atoms with E-state index in [0.717, 1.165) is 17.7 Å². The monoisotopic (exact) mass is 1510 g/mol. The number of rotatable bonds is 59. The Morgan fingerprint density at radius 3 is 1.50 bits per heavy atom. The second kappa shape index (κ2) is 51.6. The van der Waals surface area contributed by atoms with Crippen molar-refractivity contribution in [3.05, 3.63) is 35.4 Å². The Kier molecular flexibility index (Phi) is 45.0. The van der Waals surface area contributed by atoms with Crippen LogP contribution in [0.15, 0.2) is 24.3 Å². The summed E-state index contributed by atoms with van der Waals surface area (Å²) in [5.41, 5.74) is 0.964. The van der Waals surface area contributed by atoms with Crippen molar-refractivity contribution in [3.8, 4) is 0 Å². The van der Waals surface area contributed by atoms with E-state index in [1.807, 2.05) is 0 Å². The van der Waals surface area contributed by atoms with Gasteiger partial charge in [0.15, 0.2) is 5.78 Å². The second-order valence-electron chi connectivity index (χ2n) is 25.4. The Morgan fingerprint density at radius 2 is 0.981 bits per heavy atom. The van der Waals surface area contributed by atoms with Crippen LogP contribution in [0.1, 0.15) is 204 Å². The molecule has 2 rings (SSSR count). The van der Waals surface area contributed by atoms with Crippen LogP contribution >= 0.6 is 11.8 Å². The van der Waals surface area contributed by atoms with Crippen molar-refractivity contribution in [1.29, 1.82) is 0 Å². The number of amides is 11.